The monoisotopic (exact) mass is 171 g/mol. The maximum absolute atomic E-state index is 10.4. The van der Waals surface area contributed by atoms with Gasteiger partial charge < -0.3 is 4.74 Å². The number of hydrogen-bond donors (Lipinski definition) is 0. The largest absolute Gasteiger partial charge is 0.374 e. The molecule has 1 fully saturated rings. The lowest BCUT2D eigenvalue weighted by Crippen LogP contribution is -2.06. The van der Waals surface area contributed by atoms with Gasteiger partial charge in [-0.05, 0) is 12.8 Å². The number of rotatable bonds is 3. The molecule has 0 aromatic heterocycles. The van der Waals surface area contributed by atoms with Crippen LogP contribution >= 0.6 is 0 Å². The van der Waals surface area contributed by atoms with E-state index in [0.717, 1.165) is 19.4 Å². The first-order valence-corrected chi connectivity index (χ1v) is 4.20. The van der Waals surface area contributed by atoms with Gasteiger partial charge in [0, 0.05) is 19.1 Å². The molecule has 68 valence electrons. The first kappa shape index (κ1) is 9.19. The predicted molar refractivity (Wildman–Crippen MR) is 44.3 cm³/mol. The van der Waals surface area contributed by atoms with Gasteiger partial charge in [-0.15, -0.1) is 0 Å². The van der Waals surface area contributed by atoms with Crippen molar-refractivity contribution in [3.8, 4) is 0 Å². The molecule has 0 amide bonds. The third-order valence-corrected chi connectivity index (χ3v) is 1.94. The second-order valence-corrected chi connectivity index (χ2v) is 2.82. The molecule has 1 unspecified atom stereocenters. The number of ether oxygens (including phenoxy) is 1. The summed E-state index contributed by atoms with van der Waals surface area (Å²) in [4.78, 5) is 10.1. The molecule has 0 saturated carbocycles. The first-order chi connectivity index (χ1) is 5.74. The molecule has 12 heavy (non-hydrogen) atoms. The van der Waals surface area contributed by atoms with Crippen LogP contribution in [0.3, 0.4) is 0 Å². The molecule has 1 atom stereocenters. The molecular weight excluding hydrogens is 158 g/mol. The normalized spacial score (nSPS) is 24.4. The average Bonchev–Trinajstić information content (AvgIpc) is 2.51. The summed E-state index contributed by atoms with van der Waals surface area (Å²) in [5, 5.41) is 10.4. The van der Waals surface area contributed by atoms with Crippen molar-refractivity contribution >= 4 is 0 Å². The zero-order chi connectivity index (χ0) is 8.97. The maximum Gasteiger partial charge on any atom is 0.244 e. The molecule has 0 aromatic carbocycles. The van der Waals surface area contributed by atoms with Crippen LogP contribution in [0.1, 0.15) is 26.2 Å². The third-order valence-electron chi connectivity index (χ3n) is 1.94. The van der Waals surface area contributed by atoms with E-state index < -0.39 is 0 Å². The molecule has 0 bridgehead atoms. The average molecular weight is 171 g/mol. The molecule has 0 radical (unpaired) electrons. The van der Waals surface area contributed by atoms with E-state index in [-0.39, 0.29) is 16.7 Å². The summed E-state index contributed by atoms with van der Waals surface area (Å²) in [5.41, 5.74) is 0.266. The van der Waals surface area contributed by atoms with Crippen molar-refractivity contribution in [1.29, 1.82) is 0 Å². The van der Waals surface area contributed by atoms with Gasteiger partial charge >= 0.3 is 0 Å². The standard InChI is InChI=1S/C8H13NO3/c1-2-7(9(10)11)6-8-4-3-5-12-8/h6,8H,2-5H2,1H3. The van der Waals surface area contributed by atoms with Gasteiger partial charge in [0.25, 0.3) is 0 Å². The Morgan fingerprint density at radius 3 is 3.00 bits per heavy atom. The Bertz CT molecular complexity index is 194. The van der Waals surface area contributed by atoms with Crippen molar-refractivity contribution in [1.82, 2.24) is 0 Å². The molecule has 0 aliphatic carbocycles. The van der Waals surface area contributed by atoms with Crippen molar-refractivity contribution in [2.45, 2.75) is 32.3 Å². The first-order valence-electron chi connectivity index (χ1n) is 4.20. The third kappa shape index (κ3) is 2.30. The molecule has 1 heterocycles. The molecule has 0 aromatic rings. The van der Waals surface area contributed by atoms with Gasteiger partial charge in [0.1, 0.15) is 0 Å². The van der Waals surface area contributed by atoms with E-state index in [4.69, 9.17) is 4.74 Å². The van der Waals surface area contributed by atoms with Crippen LogP contribution in [0, 0.1) is 10.1 Å². The molecular formula is C8H13NO3. The lowest BCUT2D eigenvalue weighted by atomic mass is 10.2. The van der Waals surface area contributed by atoms with Crippen LogP contribution in [0.4, 0.5) is 0 Å². The van der Waals surface area contributed by atoms with Crippen LogP contribution in [-0.4, -0.2) is 17.6 Å². The summed E-state index contributed by atoms with van der Waals surface area (Å²) in [5.74, 6) is 0. The van der Waals surface area contributed by atoms with Crippen LogP contribution in [0.5, 0.6) is 0 Å². The Morgan fingerprint density at radius 2 is 2.58 bits per heavy atom. The van der Waals surface area contributed by atoms with Crippen LogP contribution in [0.15, 0.2) is 11.8 Å². The minimum absolute atomic E-state index is 0.0228. The Balaban J connectivity index is 2.56. The van der Waals surface area contributed by atoms with Gasteiger partial charge in [-0.1, -0.05) is 6.92 Å². The fraction of sp³-hybridized carbons (Fsp3) is 0.750. The van der Waals surface area contributed by atoms with E-state index in [1.165, 1.54) is 0 Å². The number of nitro groups is 1. The highest BCUT2D eigenvalue weighted by Crippen LogP contribution is 2.16. The topological polar surface area (TPSA) is 52.4 Å². The van der Waals surface area contributed by atoms with Crippen LogP contribution in [0.25, 0.3) is 0 Å². The van der Waals surface area contributed by atoms with Gasteiger partial charge in [-0.25, -0.2) is 0 Å². The summed E-state index contributed by atoms with van der Waals surface area (Å²) in [7, 11) is 0. The minimum atomic E-state index is -0.332. The summed E-state index contributed by atoms with van der Waals surface area (Å²) in [6, 6.07) is 0. The minimum Gasteiger partial charge on any atom is -0.374 e. The van der Waals surface area contributed by atoms with E-state index in [1.54, 1.807) is 13.0 Å². The zero-order valence-electron chi connectivity index (χ0n) is 7.16. The lowest BCUT2D eigenvalue weighted by Gasteiger charge is -2.01. The van der Waals surface area contributed by atoms with E-state index in [2.05, 4.69) is 0 Å². The second kappa shape index (κ2) is 4.21. The van der Waals surface area contributed by atoms with Gasteiger partial charge in [0.15, 0.2) is 0 Å². The van der Waals surface area contributed by atoms with Crippen molar-refractivity contribution in [2.75, 3.05) is 6.61 Å². The molecule has 0 N–H and O–H groups in total. The Morgan fingerprint density at radius 1 is 1.83 bits per heavy atom. The van der Waals surface area contributed by atoms with Crippen LogP contribution < -0.4 is 0 Å². The van der Waals surface area contributed by atoms with E-state index in [1.807, 2.05) is 0 Å². The second-order valence-electron chi connectivity index (χ2n) is 2.82. The Kier molecular flexibility index (Phi) is 3.22. The molecule has 1 aliphatic heterocycles. The molecule has 1 rings (SSSR count). The van der Waals surface area contributed by atoms with Crippen LogP contribution in [-0.2, 0) is 4.74 Å². The highest BCUT2D eigenvalue weighted by Gasteiger charge is 2.17. The van der Waals surface area contributed by atoms with E-state index in [9.17, 15) is 10.1 Å². The summed E-state index contributed by atoms with van der Waals surface area (Å²) in [6.45, 7) is 2.51. The van der Waals surface area contributed by atoms with Crippen molar-refractivity contribution in [3.05, 3.63) is 21.9 Å². The SMILES string of the molecule is CCC(=CC1CCCO1)[N+](=O)[O-]. The Labute approximate surface area is 71.4 Å². The van der Waals surface area contributed by atoms with E-state index >= 15 is 0 Å². The molecule has 0 spiro atoms. The predicted octanol–water partition coefficient (Wildman–Crippen LogP) is 1.74. The van der Waals surface area contributed by atoms with Crippen molar-refractivity contribution < 1.29 is 9.66 Å². The summed E-state index contributed by atoms with van der Waals surface area (Å²) >= 11 is 0. The fourth-order valence-electron chi connectivity index (χ4n) is 1.26. The quantitative estimate of drug-likeness (QED) is 0.480. The van der Waals surface area contributed by atoms with Gasteiger partial charge in [-0.2, -0.15) is 0 Å². The van der Waals surface area contributed by atoms with Gasteiger partial charge in [0.2, 0.25) is 5.70 Å². The molecule has 4 heteroatoms. The highest BCUT2D eigenvalue weighted by atomic mass is 16.6. The lowest BCUT2D eigenvalue weighted by molar-refractivity contribution is -0.428. The van der Waals surface area contributed by atoms with Gasteiger partial charge in [-0.3, -0.25) is 10.1 Å². The smallest absolute Gasteiger partial charge is 0.244 e. The summed E-state index contributed by atoms with van der Waals surface area (Å²) < 4.78 is 5.25. The van der Waals surface area contributed by atoms with Gasteiger partial charge in [0.05, 0.1) is 11.0 Å². The van der Waals surface area contributed by atoms with Crippen molar-refractivity contribution in [3.63, 3.8) is 0 Å². The summed E-state index contributed by atoms with van der Waals surface area (Å²) in [6.07, 6.45) is 4.00. The number of nitrogens with zero attached hydrogens (tertiary/aromatic N) is 1. The van der Waals surface area contributed by atoms with Crippen molar-refractivity contribution in [2.24, 2.45) is 0 Å². The number of allylic oxidation sites excluding steroid dienone is 1. The number of hydrogen-bond acceptors (Lipinski definition) is 3. The highest BCUT2D eigenvalue weighted by molar-refractivity contribution is 4.97. The maximum atomic E-state index is 10.4. The molecule has 1 aliphatic rings. The Hall–Kier alpha value is -0.900. The molecule has 1 saturated heterocycles. The molecule has 4 nitrogen and oxygen atoms in total. The fourth-order valence-corrected chi connectivity index (χ4v) is 1.26. The van der Waals surface area contributed by atoms with Crippen LogP contribution in [0.2, 0.25) is 0 Å². The van der Waals surface area contributed by atoms with E-state index in [0.29, 0.717) is 6.42 Å². The zero-order valence-corrected chi connectivity index (χ0v) is 7.16.